The molecular formula is C16H19Cl2N3O2. The molecule has 0 bridgehead atoms. The summed E-state index contributed by atoms with van der Waals surface area (Å²) in [6.07, 6.45) is 0.556. The smallest absolute Gasteiger partial charge is 0.239 e. The standard InChI is InChI=1S/C16H19Cl2N3O2/c1-8(2)13(19)14(22)21-4-3-16(7-21)9-5-10(17)11(18)6-12(9)20-15(16)23/h5-6,8,13H,3-4,7,19H2,1-2H3,(H,20,23)/t13-,16+/m0/s1. The molecule has 124 valence electrons. The van der Waals surface area contributed by atoms with Gasteiger partial charge < -0.3 is 16.0 Å². The fourth-order valence-electron chi connectivity index (χ4n) is 3.31. The molecule has 1 spiro atoms. The van der Waals surface area contributed by atoms with Crippen LogP contribution in [0.5, 0.6) is 0 Å². The Kier molecular flexibility index (Phi) is 4.07. The van der Waals surface area contributed by atoms with Crippen molar-refractivity contribution < 1.29 is 9.59 Å². The Labute approximate surface area is 145 Å². The van der Waals surface area contributed by atoms with Crippen LogP contribution in [-0.4, -0.2) is 35.8 Å². The van der Waals surface area contributed by atoms with Gasteiger partial charge in [0.15, 0.2) is 0 Å². The third-order valence-corrected chi connectivity index (χ3v) is 5.57. The van der Waals surface area contributed by atoms with E-state index in [4.69, 9.17) is 28.9 Å². The van der Waals surface area contributed by atoms with Gasteiger partial charge in [-0.1, -0.05) is 37.0 Å². The summed E-state index contributed by atoms with van der Waals surface area (Å²) in [4.78, 5) is 26.8. The fraction of sp³-hybridized carbons (Fsp3) is 0.500. The van der Waals surface area contributed by atoms with Gasteiger partial charge in [-0.25, -0.2) is 0 Å². The van der Waals surface area contributed by atoms with Gasteiger partial charge in [-0.15, -0.1) is 0 Å². The molecule has 0 saturated carbocycles. The van der Waals surface area contributed by atoms with Crippen molar-refractivity contribution in [3.05, 3.63) is 27.7 Å². The third-order valence-electron chi connectivity index (χ3n) is 4.84. The lowest BCUT2D eigenvalue weighted by molar-refractivity contribution is -0.132. The van der Waals surface area contributed by atoms with Crippen molar-refractivity contribution in [2.24, 2.45) is 11.7 Å². The van der Waals surface area contributed by atoms with E-state index >= 15 is 0 Å². The minimum absolute atomic E-state index is 0.0528. The number of anilines is 1. The van der Waals surface area contributed by atoms with E-state index in [-0.39, 0.29) is 17.7 Å². The Morgan fingerprint density at radius 2 is 2.00 bits per heavy atom. The highest BCUT2D eigenvalue weighted by molar-refractivity contribution is 6.42. The minimum atomic E-state index is -0.754. The number of nitrogens with two attached hydrogens (primary N) is 1. The van der Waals surface area contributed by atoms with Crippen LogP contribution < -0.4 is 11.1 Å². The summed E-state index contributed by atoms with van der Waals surface area (Å²) in [5.41, 5.74) is 6.70. The average Bonchev–Trinajstić information content (AvgIpc) is 3.04. The van der Waals surface area contributed by atoms with Gasteiger partial charge in [0.25, 0.3) is 0 Å². The lowest BCUT2D eigenvalue weighted by Crippen LogP contribution is -2.47. The van der Waals surface area contributed by atoms with E-state index in [2.05, 4.69) is 5.32 Å². The lowest BCUT2D eigenvalue weighted by atomic mass is 9.81. The molecule has 3 rings (SSSR count). The second-order valence-corrected chi connectivity index (χ2v) is 7.44. The number of carbonyl (C=O) groups is 2. The molecule has 2 amide bonds. The summed E-state index contributed by atoms with van der Waals surface area (Å²) in [6, 6.07) is 2.84. The van der Waals surface area contributed by atoms with Crippen LogP contribution in [0.1, 0.15) is 25.8 Å². The molecule has 1 aromatic rings. The molecule has 0 unspecified atom stereocenters. The molecule has 0 aliphatic carbocycles. The number of amides is 2. The van der Waals surface area contributed by atoms with Gasteiger partial charge in [0.2, 0.25) is 11.8 Å². The van der Waals surface area contributed by atoms with Crippen molar-refractivity contribution in [2.45, 2.75) is 31.7 Å². The molecule has 23 heavy (non-hydrogen) atoms. The van der Waals surface area contributed by atoms with Crippen molar-refractivity contribution >= 4 is 40.7 Å². The highest BCUT2D eigenvalue weighted by atomic mass is 35.5. The number of carbonyl (C=O) groups excluding carboxylic acids is 2. The summed E-state index contributed by atoms with van der Waals surface area (Å²) in [5.74, 6) is -0.172. The monoisotopic (exact) mass is 355 g/mol. The maximum absolute atomic E-state index is 12.6. The third kappa shape index (κ3) is 2.51. The van der Waals surface area contributed by atoms with Crippen LogP contribution in [0.15, 0.2) is 12.1 Å². The molecule has 1 fully saturated rings. The predicted molar refractivity (Wildman–Crippen MR) is 90.8 cm³/mol. The van der Waals surface area contributed by atoms with Gasteiger partial charge in [0.1, 0.15) is 0 Å². The molecule has 3 N–H and O–H groups in total. The zero-order valence-corrected chi connectivity index (χ0v) is 14.5. The summed E-state index contributed by atoms with van der Waals surface area (Å²) in [7, 11) is 0. The Bertz CT molecular complexity index is 692. The molecule has 5 nitrogen and oxygen atoms in total. The predicted octanol–water partition coefficient (Wildman–Crippen LogP) is 2.40. The number of nitrogens with one attached hydrogen (secondary N) is 1. The molecule has 7 heteroatoms. The molecule has 2 aliphatic heterocycles. The van der Waals surface area contributed by atoms with Crippen LogP contribution >= 0.6 is 23.2 Å². The quantitative estimate of drug-likeness (QED) is 0.855. The van der Waals surface area contributed by atoms with E-state index in [0.717, 1.165) is 5.56 Å². The minimum Gasteiger partial charge on any atom is -0.340 e. The second-order valence-electron chi connectivity index (χ2n) is 6.63. The highest BCUT2D eigenvalue weighted by Crippen LogP contribution is 2.46. The zero-order chi connectivity index (χ0) is 16.9. The molecule has 0 aromatic heterocycles. The maximum atomic E-state index is 12.6. The summed E-state index contributed by atoms with van der Waals surface area (Å²) in [5, 5.41) is 3.66. The topological polar surface area (TPSA) is 75.4 Å². The van der Waals surface area contributed by atoms with E-state index in [9.17, 15) is 9.59 Å². The van der Waals surface area contributed by atoms with Crippen LogP contribution in [0.4, 0.5) is 5.69 Å². The Morgan fingerprint density at radius 3 is 2.65 bits per heavy atom. The fourth-order valence-corrected chi connectivity index (χ4v) is 3.64. The summed E-state index contributed by atoms with van der Waals surface area (Å²) in [6.45, 7) is 4.65. The SMILES string of the molecule is CC(C)[C@H](N)C(=O)N1CC[C@]2(C1)C(=O)Nc1cc(Cl)c(Cl)cc12. The molecule has 1 aromatic carbocycles. The first kappa shape index (κ1) is 16.6. The number of benzene rings is 1. The Balaban J connectivity index is 1.92. The van der Waals surface area contributed by atoms with Crippen molar-refractivity contribution in [3.8, 4) is 0 Å². The largest absolute Gasteiger partial charge is 0.340 e. The van der Waals surface area contributed by atoms with E-state index in [1.54, 1.807) is 17.0 Å². The van der Waals surface area contributed by atoms with Crippen molar-refractivity contribution in [1.82, 2.24) is 4.90 Å². The van der Waals surface area contributed by atoms with Crippen LogP contribution in [0.3, 0.4) is 0 Å². The maximum Gasteiger partial charge on any atom is 0.239 e. The van der Waals surface area contributed by atoms with Gasteiger partial charge in [-0.2, -0.15) is 0 Å². The normalized spacial score (nSPS) is 24.3. The molecule has 0 radical (unpaired) electrons. The van der Waals surface area contributed by atoms with Gasteiger partial charge in [0, 0.05) is 18.8 Å². The van der Waals surface area contributed by atoms with Gasteiger partial charge >= 0.3 is 0 Å². The Hall–Kier alpha value is -1.30. The second kappa shape index (κ2) is 5.65. The number of likely N-dealkylation sites (tertiary alicyclic amines) is 1. The van der Waals surface area contributed by atoms with Crippen LogP contribution in [0.2, 0.25) is 10.0 Å². The number of halogens is 2. The molecule has 2 heterocycles. The number of hydrogen-bond donors (Lipinski definition) is 2. The summed E-state index contributed by atoms with van der Waals surface area (Å²) >= 11 is 12.1. The first-order valence-corrected chi connectivity index (χ1v) is 8.37. The first-order valence-electron chi connectivity index (χ1n) is 7.61. The van der Waals surface area contributed by atoms with Crippen LogP contribution in [0, 0.1) is 5.92 Å². The number of fused-ring (bicyclic) bond motifs is 2. The van der Waals surface area contributed by atoms with Crippen molar-refractivity contribution in [3.63, 3.8) is 0 Å². The molecule has 2 atom stereocenters. The van der Waals surface area contributed by atoms with E-state index < -0.39 is 11.5 Å². The number of hydrogen-bond acceptors (Lipinski definition) is 3. The molecule has 2 aliphatic rings. The molecule has 1 saturated heterocycles. The van der Waals surface area contributed by atoms with E-state index in [0.29, 0.717) is 35.2 Å². The van der Waals surface area contributed by atoms with Crippen molar-refractivity contribution in [1.29, 1.82) is 0 Å². The van der Waals surface area contributed by atoms with E-state index in [1.165, 1.54) is 0 Å². The van der Waals surface area contributed by atoms with E-state index in [1.807, 2.05) is 13.8 Å². The summed E-state index contributed by atoms with van der Waals surface area (Å²) < 4.78 is 0. The van der Waals surface area contributed by atoms with Gasteiger partial charge in [0.05, 0.1) is 21.5 Å². The zero-order valence-electron chi connectivity index (χ0n) is 13.0. The van der Waals surface area contributed by atoms with Gasteiger partial charge in [-0.3, -0.25) is 9.59 Å². The van der Waals surface area contributed by atoms with Crippen molar-refractivity contribution in [2.75, 3.05) is 18.4 Å². The van der Waals surface area contributed by atoms with Gasteiger partial charge in [-0.05, 0) is 30.0 Å². The highest BCUT2D eigenvalue weighted by Gasteiger charge is 2.52. The Morgan fingerprint density at radius 1 is 1.35 bits per heavy atom. The van der Waals surface area contributed by atoms with Crippen LogP contribution in [-0.2, 0) is 15.0 Å². The molecular weight excluding hydrogens is 337 g/mol. The number of rotatable bonds is 2. The average molecular weight is 356 g/mol. The van der Waals surface area contributed by atoms with Crippen LogP contribution in [0.25, 0.3) is 0 Å². The first-order chi connectivity index (χ1) is 10.8. The lowest BCUT2D eigenvalue weighted by Gasteiger charge is -2.25. The number of nitrogens with zero attached hydrogens (tertiary/aromatic N) is 1.